The Bertz CT molecular complexity index is 905. The highest BCUT2D eigenvalue weighted by Crippen LogP contribution is 2.30. The van der Waals surface area contributed by atoms with Gasteiger partial charge in [0, 0.05) is 0 Å². The van der Waals surface area contributed by atoms with E-state index in [1.54, 1.807) is 0 Å². The van der Waals surface area contributed by atoms with Crippen LogP contribution in [0.3, 0.4) is 0 Å². The van der Waals surface area contributed by atoms with Gasteiger partial charge in [-0.1, -0.05) is 0 Å². The standard InChI is InChI=1S/C10H12N4O8S/c15-1-3-5(16)6(17)9(22-3)14-2-11-4-7(14)12-10(13-8(4)18)23(19,20)21/h2-3,5-6,9,15-17H,1H2,(H,12,13,18)(H,19,20,21)/t3-,5?,6?,9-/m1/s1. The Labute approximate surface area is 127 Å². The van der Waals surface area contributed by atoms with Crippen molar-refractivity contribution in [2.24, 2.45) is 0 Å². The Hall–Kier alpha value is -1.90. The second kappa shape index (κ2) is 5.33. The highest BCUT2D eigenvalue weighted by atomic mass is 32.2. The van der Waals surface area contributed by atoms with Crippen LogP contribution < -0.4 is 5.56 Å². The van der Waals surface area contributed by atoms with Gasteiger partial charge >= 0.3 is 10.1 Å². The Balaban J connectivity index is 2.16. The number of hydrogen-bond donors (Lipinski definition) is 5. The van der Waals surface area contributed by atoms with Gasteiger partial charge in [0.2, 0.25) is 0 Å². The quantitative estimate of drug-likeness (QED) is 0.282. The first-order valence-corrected chi connectivity index (χ1v) is 7.75. The molecule has 2 unspecified atom stereocenters. The lowest BCUT2D eigenvalue weighted by Gasteiger charge is -2.16. The molecule has 1 saturated heterocycles. The molecule has 0 amide bonds. The molecule has 23 heavy (non-hydrogen) atoms. The first kappa shape index (κ1) is 16.0. The predicted molar refractivity (Wildman–Crippen MR) is 71.0 cm³/mol. The number of nitrogens with one attached hydrogen (secondary N) is 1. The van der Waals surface area contributed by atoms with Gasteiger partial charge in [-0.3, -0.25) is 18.9 Å². The molecule has 126 valence electrons. The molecule has 3 heterocycles. The first-order chi connectivity index (χ1) is 10.7. The molecule has 2 aromatic heterocycles. The van der Waals surface area contributed by atoms with Crippen LogP contribution in [0.4, 0.5) is 0 Å². The number of aliphatic hydroxyl groups excluding tert-OH is 3. The van der Waals surface area contributed by atoms with Crippen molar-refractivity contribution in [2.45, 2.75) is 29.7 Å². The smallest absolute Gasteiger partial charge is 0.328 e. The van der Waals surface area contributed by atoms with E-state index in [1.165, 1.54) is 0 Å². The fourth-order valence-corrected chi connectivity index (χ4v) is 2.75. The summed E-state index contributed by atoms with van der Waals surface area (Å²) in [4.78, 5) is 21.0. The van der Waals surface area contributed by atoms with Gasteiger partial charge in [0.1, 0.15) is 18.3 Å². The van der Waals surface area contributed by atoms with Crippen molar-refractivity contribution in [3.8, 4) is 0 Å². The second-order valence-corrected chi connectivity index (χ2v) is 6.24. The molecule has 12 nitrogen and oxygen atoms in total. The zero-order valence-corrected chi connectivity index (χ0v) is 12.1. The summed E-state index contributed by atoms with van der Waals surface area (Å²) in [6.07, 6.45) is -4.14. The number of imidazole rings is 1. The molecule has 0 radical (unpaired) electrons. The number of nitrogens with zero attached hydrogens (tertiary/aromatic N) is 3. The lowest BCUT2D eigenvalue weighted by atomic mass is 10.1. The molecule has 1 aliphatic rings. The van der Waals surface area contributed by atoms with Crippen molar-refractivity contribution in [1.29, 1.82) is 0 Å². The number of rotatable bonds is 3. The van der Waals surface area contributed by atoms with E-state index in [-0.39, 0.29) is 11.2 Å². The largest absolute Gasteiger partial charge is 0.394 e. The molecular weight excluding hydrogens is 336 g/mol. The van der Waals surface area contributed by atoms with E-state index in [1.807, 2.05) is 4.98 Å². The minimum Gasteiger partial charge on any atom is -0.394 e. The highest BCUT2D eigenvalue weighted by molar-refractivity contribution is 7.85. The number of aliphatic hydroxyl groups is 3. The zero-order valence-electron chi connectivity index (χ0n) is 11.3. The summed E-state index contributed by atoms with van der Waals surface area (Å²) in [6.45, 7) is -0.564. The second-order valence-electron chi connectivity index (χ2n) is 4.90. The molecular formula is C10H12N4O8S. The molecule has 2 aromatic rings. The van der Waals surface area contributed by atoms with Crippen molar-refractivity contribution in [3.63, 3.8) is 0 Å². The van der Waals surface area contributed by atoms with Crippen LogP contribution in [0.1, 0.15) is 6.23 Å². The third-order valence-electron chi connectivity index (χ3n) is 3.45. The van der Waals surface area contributed by atoms with Gasteiger partial charge in [-0.15, -0.1) is 0 Å². The number of ether oxygens (including phenoxy) is 1. The van der Waals surface area contributed by atoms with Crippen LogP contribution in [0.5, 0.6) is 0 Å². The van der Waals surface area contributed by atoms with Crippen LogP contribution in [-0.2, 0) is 14.9 Å². The van der Waals surface area contributed by atoms with Crippen LogP contribution in [0.2, 0.25) is 0 Å². The Morgan fingerprint density at radius 2 is 2.04 bits per heavy atom. The average molecular weight is 348 g/mol. The van der Waals surface area contributed by atoms with Gasteiger partial charge in [0.05, 0.1) is 12.9 Å². The van der Waals surface area contributed by atoms with Crippen molar-refractivity contribution < 1.29 is 33.0 Å². The van der Waals surface area contributed by atoms with Crippen LogP contribution in [0.25, 0.3) is 11.2 Å². The number of H-pyrrole nitrogens is 1. The predicted octanol–water partition coefficient (Wildman–Crippen LogP) is -3.02. The summed E-state index contributed by atoms with van der Waals surface area (Å²) in [5, 5.41) is 27.8. The maximum absolute atomic E-state index is 11.8. The van der Waals surface area contributed by atoms with E-state index < -0.39 is 52.0 Å². The summed E-state index contributed by atoms with van der Waals surface area (Å²) in [5.41, 5.74) is -1.46. The molecule has 0 aromatic carbocycles. The molecule has 5 N–H and O–H groups in total. The SMILES string of the molecule is O=c1[nH]c(S(=O)(=O)O)nc2c1ncn2[C@@H]1O[C@H](CO)C(O)C1O. The summed E-state index contributed by atoms with van der Waals surface area (Å²) in [6, 6.07) is 0. The summed E-state index contributed by atoms with van der Waals surface area (Å²) in [7, 11) is -4.78. The van der Waals surface area contributed by atoms with Crippen LogP contribution in [0.15, 0.2) is 16.3 Å². The Morgan fingerprint density at radius 1 is 1.35 bits per heavy atom. The minimum atomic E-state index is -4.78. The van der Waals surface area contributed by atoms with Crippen LogP contribution in [0, 0.1) is 0 Å². The molecule has 4 atom stereocenters. The Kier molecular flexibility index (Phi) is 3.70. The summed E-state index contributed by atoms with van der Waals surface area (Å²) < 4.78 is 37.6. The van der Waals surface area contributed by atoms with Gasteiger partial charge in [0.15, 0.2) is 17.4 Å². The summed E-state index contributed by atoms with van der Waals surface area (Å²) in [5.74, 6) is 0. The van der Waals surface area contributed by atoms with Crippen molar-refractivity contribution in [2.75, 3.05) is 6.61 Å². The monoisotopic (exact) mass is 348 g/mol. The number of aromatic nitrogens is 4. The van der Waals surface area contributed by atoms with Gasteiger partial charge in [-0.05, 0) is 0 Å². The minimum absolute atomic E-state index is 0.255. The van der Waals surface area contributed by atoms with Gasteiger partial charge in [-0.25, -0.2) is 4.98 Å². The van der Waals surface area contributed by atoms with Crippen molar-refractivity contribution in [3.05, 3.63) is 16.7 Å². The molecule has 0 spiro atoms. The molecule has 0 aliphatic carbocycles. The third kappa shape index (κ3) is 2.52. The maximum atomic E-state index is 11.8. The number of hydrogen-bond acceptors (Lipinski definition) is 9. The third-order valence-corrected chi connectivity index (χ3v) is 4.13. The van der Waals surface area contributed by atoms with E-state index in [0.29, 0.717) is 0 Å². The number of fused-ring (bicyclic) bond motifs is 1. The van der Waals surface area contributed by atoms with Crippen LogP contribution >= 0.6 is 0 Å². The topological polar surface area (TPSA) is 188 Å². The van der Waals surface area contributed by atoms with E-state index >= 15 is 0 Å². The van der Waals surface area contributed by atoms with E-state index in [9.17, 15) is 23.4 Å². The van der Waals surface area contributed by atoms with Crippen LogP contribution in [-0.4, -0.2) is 72.7 Å². The van der Waals surface area contributed by atoms with Gasteiger partial charge in [-0.2, -0.15) is 13.4 Å². The Morgan fingerprint density at radius 3 is 2.61 bits per heavy atom. The molecule has 1 fully saturated rings. The average Bonchev–Trinajstić information content (AvgIpc) is 3.01. The van der Waals surface area contributed by atoms with E-state index in [0.717, 1.165) is 10.9 Å². The highest BCUT2D eigenvalue weighted by Gasteiger charge is 2.44. The van der Waals surface area contributed by atoms with Crippen molar-refractivity contribution in [1.82, 2.24) is 19.5 Å². The van der Waals surface area contributed by atoms with E-state index in [2.05, 4.69) is 9.97 Å². The molecule has 3 rings (SSSR count). The lowest BCUT2D eigenvalue weighted by molar-refractivity contribution is -0.0511. The van der Waals surface area contributed by atoms with E-state index in [4.69, 9.17) is 14.4 Å². The number of aromatic amines is 1. The van der Waals surface area contributed by atoms with Gasteiger partial charge < -0.3 is 20.1 Å². The molecule has 0 saturated carbocycles. The fourth-order valence-electron chi connectivity index (χ4n) is 2.32. The first-order valence-electron chi connectivity index (χ1n) is 6.31. The van der Waals surface area contributed by atoms with Crippen molar-refractivity contribution >= 4 is 21.3 Å². The van der Waals surface area contributed by atoms with Gasteiger partial charge in [0.25, 0.3) is 10.7 Å². The molecule has 0 bridgehead atoms. The lowest BCUT2D eigenvalue weighted by Crippen LogP contribution is -2.33. The maximum Gasteiger partial charge on any atom is 0.328 e. The molecule has 1 aliphatic heterocycles. The fraction of sp³-hybridized carbons (Fsp3) is 0.500. The summed E-state index contributed by atoms with van der Waals surface area (Å²) >= 11 is 0. The normalized spacial score (nSPS) is 28.5. The molecule has 13 heteroatoms. The zero-order chi connectivity index (χ0) is 16.9.